The number of carbonyl (C=O) groups excluding carboxylic acids is 5. The molecule has 10 heteroatoms. The molecule has 0 aromatic carbocycles. The van der Waals surface area contributed by atoms with Crippen LogP contribution in [0.4, 0.5) is 4.39 Å². The average molecular weight is 763 g/mol. The minimum Gasteiger partial charge on any atom is -0.462 e. The smallest absolute Gasteiger partial charge is 0.306 e. The second kappa shape index (κ2) is 13.3. The van der Waals surface area contributed by atoms with Crippen molar-refractivity contribution in [3.8, 4) is 0 Å². The van der Waals surface area contributed by atoms with E-state index >= 15 is 4.39 Å². The van der Waals surface area contributed by atoms with Crippen LogP contribution in [0.3, 0.4) is 0 Å². The van der Waals surface area contributed by atoms with E-state index in [0.717, 1.165) is 38.5 Å². The first kappa shape index (κ1) is 38.9. The predicted octanol–water partition coefficient (Wildman–Crippen LogP) is 6.53. The molecule has 0 spiro atoms. The molecule has 300 valence electrons. The SMILES string of the molecule is C[C@H]1C[C@@]2(C)C(CC[C@@H]2OC(=O)CCC(=O)OCC(=O)[C@@]2(O)[C@@H](C)CC3C4CCC5=CC(=O)C=C[C@]5(C)[C@@]4(F)[C@@H](O)C[C@@]32C)C2CCC3=CC(=O)CCC3C21. The summed E-state index contributed by atoms with van der Waals surface area (Å²) in [5.74, 6) is -1.04. The fourth-order valence-electron chi connectivity index (χ4n) is 14.8. The number of hydrogen-bond donors (Lipinski definition) is 2. The standard InChI is InChI=1S/C45H59FO9/c1-24-21-41(3)32(31-9-6-26-19-28(47)8-10-30(26)40(24)31)12-13-37(41)55-39(52)15-14-38(51)54-23-36(50)45(53)25(2)18-34-33-11-7-27-20-29(48)16-17-42(27,4)44(33,46)35(49)22-43(34,45)5/h16-17,19-20,24-25,30-35,37,40,49,53H,6-15,18,21-23H2,1-5H3/t24-,25-,30?,31?,32?,33?,34?,35-,37-,40?,41-,42-,43-,44-,45-/m0/s1. The first-order chi connectivity index (χ1) is 25.9. The van der Waals surface area contributed by atoms with Gasteiger partial charge in [0.25, 0.3) is 0 Å². The molecule has 0 heterocycles. The van der Waals surface area contributed by atoms with Crippen LogP contribution in [0, 0.1) is 63.6 Å². The molecule has 0 aliphatic heterocycles. The zero-order valence-electron chi connectivity index (χ0n) is 33.1. The van der Waals surface area contributed by atoms with Crippen LogP contribution >= 0.6 is 0 Å². The Labute approximate surface area is 323 Å². The summed E-state index contributed by atoms with van der Waals surface area (Å²) in [7, 11) is 0. The summed E-state index contributed by atoms with van der Waals surface area (Å²) >= 11 is 0. The molecule has 6 unspecified atom stereocenters. The van der Waals surface area contributed by atoms with E-state index in [1.165, 1.54) is 17.7 Å². The molecule has 0 amide bonds. The normalized spacial score (nSPS) is 48.2. The van der Waals surface area contributed by atoms with Crippen LogP contribution in [0.1, 0.15) is 118 Å². The molecular weight excluding hydrogens is 703 g/mol. The van der Waals surface area contributed by atoms with Crippen molar-refractivity contribution in [1.29, 1.82) is 0 Å². The van der Waals surface area contributed by atoms with E-state index in [2.05, 4.69) is 13.8 Å². The second-order valence-corrected chi connectivity index (χ2v) is 19.7. The molecule has 6 saturated carbocycles. The molecule has 15 atom stereocenters. The third kappa shape index (κ3) is 5.52. The third-order valence-electron chi connectivity index (χ3n) is 17.3. The zero-order valence-corrected chi connectivity index (χ0v) is 33.1. The molecule has 55 heavy (non-hydrogen) atoms. The van der Waals surface area contributed by atoms with Gasteiger partial charge in [0, 0.05) is 28.6 Å². The average Bonchev–Trinajstić information content (AvgIpc) is 3.56. The van der Waals surface area contributed by atoms with Crippen molar-refractivity contribution < 1.29 is 48.0 Å². The van der Waals surface area contributed by atoms with Gasteiger partial charge in [-0.15, -0.1) is 0 Å². The Morgan fingerprint density at radius 3 is 2.40 bits per heavy atom. The first-order valence-electron chi connectivity index (χ1n) is 21.0. The van der Waals surface area contributed by atoms with E-state index in [9.17, 15) is 34.2 Å². The molecule has 8 rings (SSSR count). The Bertz CT molecular complexity index is 1780. The van der Waals surface area contributed by atoms with E-state index in [0.29, 0.717) is 60.8 Å². The second-order valence-electron chi connectivity index (χ2n) is 19.7. The van der Waals surface area contributed by atoms with Crippen LogP contribution in [-0.4, -0.2) is 69.6 Å². The van der Waals surface area contributed by atoms with Crippen molar-refractivity contribution >= 4 is 29.3 Å². The van der Waals surface area contributed by atoms with Gasteiger partial charge in [0.15, 0.2) is 23.8 Å². The number of Topliss-reactive ketones (excluding diaryl/α,β-unsaturated/α-hetero) is 1. The molecule has 9 nitrogen and oxygen atoms in total. The number of hydrogen-bond acceptors (Lipinski definition) is 9. The summed E-state index contributed by atoms with van der Waals surface area (Å²) in [6.45, 7) is 9.12. The summed E-state index contributed by atoms with van der Waals surface area (Å²) in [5, 5.41) is 23.8. The summed E-state index contributed by atoms with van der Waals surface area (Å²) in [6.07, 6.45) is 11.6. The summed E-state index contributed by atoms with van der Waals surface area (Å²) < 4.78 is 29.0. The number of aliphatic hydroxyl groups is 2. The van der Waals surface area contributed by atoms with Gasteiger partial charge in [-0.1, -0.05) is 44.9 Å². The van der Waals surface area contributed by atoms with Gasteiger partial charge in [0.2, 0.25) is 5.78 Å². The highest BCUT2D eigenvalue weighted by Crippen LogP contribution is 2.71. The van der Waals surface area contributed by atoms with E-state index in [1.54, 1.807) is 26.8 Å². The zero-order chi connectivity index (χ0) is 39.5. The van der Waals surface area contributed by atoms with Crippen LogP contribution in [-0.2, 0) is 33.4 Å². The Hall–Kier alpha value is -2.98. The largest absolute Gasteiger partial charge is 0.462 e. The van der Waals surface area contributed by atoms with Gasteiger partial charge >= 0.3 is 11.9 Å². The van der Waals surface area contributed by atoms with E-state index < -0.39 is 70.3 Å². The summed E-state index contributed by atoms with van der Waals surface area (Å²) in [6, 6.07) is 0. The molecule has 0 aromatic rings. The lowest BCUT2D eigenvalue weighted by atomic mass is 9.44. The van der Waals surface area contributed by atoms with Crippen molar-refractivity contribution in [1.82, 2.24) is 0 Å². The van der Waals surface area contributed by atoms with Gasteiger partial charge in [0.1, 0.15) is 11.7 Å². The Morgan fingerprint density at radius 1 is 0.891 bits per heavy atom. The number of fused-ring (bicyclic) bond motifs is 10. The summed E-state index contributed by atoms with van der Waals surface area (Å²) in [4.78, 5) is 64.3. The van der Waals surface area contributed by atoms with Crippen LogP contribution < -0.4 is 0 Å². The van der Waals surface area contributed by atoms with E-state index in [-0.39, 0.29) is 42.3 Å². The number of ether oxygens (including phenoxy) is 2. The molecule has 0 aromatic heterocycles. The summed E-state index contributed by atoms with van der Waals surface area (Å²) in [5.41, 5.74) is -4.56. The van der Waals surface area contributed by atoms with Gasteiger partial charge in [0.05, 0.1) is 18.9 Å². The van der Waals surface area contributed by atoms with Crippen molar-refractivity contribution in [3.63, 3.8) is 0 Å². The Morgan fingerprint density at radius 2 is 1.64 bits per heavy atom. The molecule has 8 aliphatic carbocycles. The van der Waals surface area contributed by atoms with Crippen LogP contribution in [0.2, 0.25) is 0 Å². The van der Waals surface area contributed by atoms with Crippen molar-refractivity contribution in [2.24, 2.45) is 63.6 Å². The van der Waals surface area contributed by atoms with Crippen molar-refractivity contribution in [2.75, 3.05) is 6.61 Å². The fourth-order valence-corrected chi connectivity index (χ4v) is 14.8. The number of rotatable bonds is 7. The molecule has 2 N–H and O–H groups in total. The van der Waals surface area contributed by atoms with Crippen LogP contribution in [0.15, 0.2) is 35.5 Å². The minimum absolute atomic E-state index is 0.148. The maximum absolute atomic E-state index is 17.5. The Kier molecular flexibility index (Phi) is 9.39. The molecule has 0 bridgehead atoms. The van der Waals surface area contributed by atoms with Crippen LogP contribution in [0.5, 0.6) is 0 Å². The quantitative estimate of drug-likeness (QED) is 0.277. The lowest BCUT2D eigenvalue weighted by Crippen LogP contribution is -2.69. The van der Waals surface area contributed by atoms with Gasteiger partial charge < -0.3 is 19.7 Å². The highest BCUT2D eigenvalue weighted by molar-refractivity contribution is 6.01. The lowest BCUT2D eigenvalue weighted by Gasteiger charge is -2.62. The maximum atomic E-state index is 17.5. The van der Waals surface area contributed by atoms with Gasteiger partial charge in [-0.2, -0.15) is 0 Å². The molecule has 8 aliphatic rings. The number of alkyl halides is 1. The molecule has 0 saturated heterocycles. The third-order valence-corrected chi connectivity index (χ3v) is 17.3. The number of halogens is 1. The molecule has 6 fully saturated rings. The number of ketones is 3. The molecule has 0 radical (unpaired) electrons. The topological polar surface area (TPSA) is 144 Å². The highest BCUT2D eigenvalue weighted by Gasteiger charge is 2.75. The number of allylic oxidation sites excluding steroid dienone is 5. The van der Waals surface area contributed by atoms with Gasteiger partial charge in [-0.25, -0.2) is 4.39 Å². The minimum atomic E-state index is -2.09. The van der Waals surface area contributed by atoms with Crippen molar-refractivity contribution in [2.45, 2.75) is 142 Å². The van der Waals surface area contributed by atoms with E-state index in [1.807, 2.05) is 6.08 Å². The molecular formula is C45H59FO9. The van der Waals surface area contributed by atoms with Crippen molar-refractivity contribution in [3.05, 3.63) is 35.5 Å². The van der Waals surface area contributed by atoms with Gasteiger partial charge in [-0.05, 0) is 131 Å². The first-order valence-corrected chi connectivity index (χ1v) is 21.0. The maximum Gasteiger partial charge on any atom is 0.306 e. The predicted molar refractivity (Wildman–Crippen MR) is 200 cm³/mol. The van der Waals surface area contributed by atoms with Gasteiger partial charge in [-0.3, -0.25) is 24.0 Å². The number of carbonyl (C=O) groups is 5. The Balaban J connectivity index is 0.868. The number of esters is 2. The highest BCUT2D eigenvalue weighted by atomic mass is 19.1. The van der Waals surface area contributed by atoms with Crippen LogP contribution in [0.25, 0.3) is 0 Å². The lowest BCUT2D eigenvalue weighted by molar-refractivity contribution is -0.220. The fraction of sp³-hybridized carbons (Fsp3) is 0.756. The van der Waals surface area contributed by atoms with E-state index in [4.69, 9.17) is 9.47 Å². The monoisotopic (exact) mass is 762 g/mol. The number of aliphatic hydroxyl groups excluding tert-OH is 1.